The third-order valence-corrected chi connectivity index (χ3v) is 4.77. The lowest BCUT2D eigenvalue weighted by Crippen LogP contribution is -2.24. The van der Waals surface area contributed by atoms with E-state index in [1.54, 1.807) is 0 Å². The highest BCUT2D eigenvalue weighted by atomic mass is 19.4. The zero-order valence-corrected chi connectivity index (χ0v) is 15.7. The molecule has 0 aliphatic carbocycles. The minimum Gasteiger partial charge on any atom is -0.493 e. The molecule has 1 N–H and O–H groups in total. The predicted octanol–water partition coefficient (Wildman–Crippen LogP) is 4.50. The van der Waals surface area contributed by atoms with Gasteiger partial charge in [0, 0.05) is 31.1 Å². The molecule has 0 spiro atoms. The largest absolute Gasteiger partial charge is 0.493 e. The Kier molecular flexibility index (Phi) is 6.09. The summed E-state index contributed by atoms with van der Waals surface area (Å²) in [6.45, 7) is 7.99. The van der Waals surface area contributed by atoms with E-state index in [9.17, 15) is 13.2 Å². The van der Waals surface area contributed by atoms with Gasteiger partial charge in [0.05, 0.1) is 17.9 Å². The molecule has 1 aromatic carbocycles. The highest BCUT2D eigenvalue weighted by molar-refractivity contribution is 5.30. The summed E-state index contributed by atoms with van der Waals surface area (Å²) in [7, 11) is 0. The van der Waals surface area contributed by atoms with Crippen molar-refractivity contribution in [2.45, 2.75) is 38.8 Å². The molecule has 0 radical (unpaired) electrons. The van der Waals surface area contributed by atoms with Crippen molar-refractivity contribution in [3.63, 3.8) is 0 Å². The SMILES string of the molecule is CC(C)CN1CCC(c2cc(CCOc3cccc(C(F)(F)F)c3)[nH]n2)C1. The zero-order valence-electron chi connectivity index (χ0n) is 15.7. The molecule has 1 aromatic heterocycles. The maximum absolute atomic E-state index is 12.7. The Balaban J connectivity index is 1.49. The quantitative estimate of drug-likeness (QED) is 0.768. The molecule has 0 amide bonds. The van der Waals surface area contributed by atoms with Crippen molar-refractivity contribution >= 4 is 0 Å². The van der Waals surface area contributed by atoms with Crippen LogP contribution in [0.5, 0.6) is 5.75 Å². The minimum atomic E-state index is -4.36. The molecular formula is C20H26F3N3O. The molecular weight excluding hydrogens is 355 g/mol. The molecule has 2 heterocycles. The Labute approximate surface area is 157 Å². The van der Waals surface area contributed by atoms with Gasteiger partial charge in [-0.25, -0.2) is 0 Å². The van der Waals surface area contributed by atoms with Gasteiger partial charge in [-0.05, 0) is 43.1 Å². The number of halogens is 3. The monoisotopic (exact) mass is 381 g/mol. The van der Waals surface area contributed by atoms with E-state index in [0.29, 0.717) is 24.9 Å². The molecule has 148 valence electrons. The maximum atomic E-state index is 12.7. The summed E-state index contributed by atoms with van der Waals surface area (Å²) in [6.07, 6.45) is -2.67. The van der Waals surface area contributed by atoms with E-state index in [0.717, 1.165) is 49.6 Å². The van der Waals surface area contributed by atoms with Crippen molar-refractivity contribution in [3.05, 3.63) is 47.3 Å². The van der Waals surface area contributed by atoms with E-state index >= 15 is 0 Å². The van der Waals surface area contributed by atoms with Crippen LogP contribution in [0.25, 0.3) is 0 Å². The van der Waals surface area contributed by atoms with Crippen LogP contribution < -0.4 is 4.74 Å². The summed E-state index contributed by atoms with van der Waals surface area (Å²) < 4.78 is 43.7. The minimum absolute atomic E-state index is 0.227. The Morgan fingerprint density at radius 1 is 1.30 bits per heavy atom. The van der Waals surface area contributed by atoms with Crippen LogP contribution in [0.1, 0.15) is 43.1 Å². The normalized spacial score (nSPS) is 18.4. The molecule has 1 atom stereocenters. The van der Waals surface area contributed by atoms with Crippen LogP contribution in [0.3, 0.4) is 0 Å². The first-order chi connectivity index (χ1) is 12.8. The highest BCUT2D eigenvalue weighted by Gasteiger charge is 2.30. The highest BCUT2D eigenvalue weighted by Crippen LogP contribution is 2.31. The van der Waals surface area contributed by atoms with Crippen molar-refractivity contribution < 1.29 is 17.9 Å². The van der Waals surface area contributed by atoms with Crippen molar-refractivity contribution in [3.8, 4) is 5.75 Å². The number of alkyl halides is 3. The molecule has 1 aliphatic heterocycles. The van der Waals surface area contributed by atoms with Gasteiger partial charge < -0.3 is 9.64 Å². The molecule has 1 aliphatic rings. The number of rotatable bonds is 7. The number of ether oxygens (including phenoxy) is 1. The lowest BCUT2D eigenvalue weighted by molar-refractivity contribution is -0.137. The van der Waals surface area contributed by atoms with Gasteiger partial charge in [-0.2, -0.15) is 18.3 Å². The molecule has 1 unspecified atom stereocenters. The van der Waals surface area contributed by atoms with E-state index < -0.39 is 11.7 Å². The van der Waals surface area contributed by atoms with Gasteiger partial charge in [0.1, 0.15) is 5.75 Å². The second-order valence-electron chi connectivity index (χ2n) is 7.58. The standard InChI is InChI=1S/C20H26F3N3O/c1-14(2)12-26-8-6-15(13-26)19-11-17(24-25-19)7-9-27-18-5-3-4-16(10-18)20(21,22)23/h3-5,10-11,14-15H,6-9,12-13H2,1-2H3,(H,24,25). The molecule has 0 bridgehead atoms. The van der Waals surface area contributed by atoms with Crippen LogP contribution in [-0.2, 0) is 12.6 Å². The van der Waals surface area contributed by atoms with Crippen LogP contribution in [0, 0.1) is 5.92 Å². The summed E-state index contributed by atoms with van der Waals surface area (Å²) >= 11 is 0. The van der Waals surface area contributed by atoms with Crippen molar-refractivity contribution in [2.75, 3.05) is 26.2 Å². The third kappa shape index (κ3) is 5.48. The molecule has 1 saturated heterocycles. The Hall–Kier alpha value is -2.02. The maximum Gasteiger partial charge on any atom is 0.416 e. The number of hydrogen-bond donors (Lipinski definition) is 1. The number of aromatic amines is 1. The first-order valence-electron chi connectivity index (χ1n) is 9.38. The number of aromatic nitrogens is 2. The average molecular weight is 381 g/mol. The van der Waals surface area contributed by atoms with Gasteiger partial charge in [0.15, 0.2) is 0 Å². The third-order valence-electron chi connectivity index (χ3n) is 4.77. The van der Waals surface area contributed by atoms with Crippen molar-refractivity contribution in [1.82, 2.24) is 15.1 Å². The van der Waals surface area contributed by atoms with Gasteiger partial charge in [-0.1, -0.05) is 19.9 Å². The van der Waals surface area contributed by atoms with E-state index in [1.165, 1.54) is 12.1 Å². The van der Waals surface area contributed by atoms with Crippen LogP contribution in [0.15, 0.2) is 30.3 Å². The summed E-state index contributed by atoms with van der Waals surface area (Å²) in [6, 6.07) is 7.02. The number of H-pyrrole nitrogens is 1. The number of hydrogen-bond acceptors (Lipinski definition) is 3. The van der Waals surface area contributed by atoms with E-state index in [1.807, 2.05) is 0 Å². The number of nitrogens with one attached hydrogen (secondary N) is 1. The van der Waals surface area contributed by atoms with Crippen LogP contribution in [-0.4, -0.2) is 41.3 Å². The van der Waals surface area contributed by atoms with Gasteiger partial charge in [0.2, 0.25) is 0 Å². The lowest BCUT2D eigenvalue weighted by Gasteiger charge is -2.17. The summed E-state index contributed by atoms with van der Waals surface area (Å²) in [5.74, 6) is 1.33. The molecule has 1 fully saturated rings. The van der Waals surface area contributed by atoms with Gasteiger partial charge in [0.25, 0.3) is 0 Å². The molecule has 3 rings (SSSR count). The second kappa shape index (κ2) is 8.33. The number of likely N-dealkylation sites (tertiary alicyclic amines) is 1. The molecule has 4 nitrogen and oxygen atoms in total. The van der Waals surface area contributed by atoms with Gasteiger partial charge >= 0.3 is 6.18 Å². The van der Waals surface area contributed by atoms with Gasteiger partial charge in [-0.3, -0.25) is 5.10 Å². The smallest absolute Gasteiger partial charge is 0.416 e. The Bertz CT molecular complexity index is 742. The van der Waals surface area contributed by atoms with Gasteiger partial charge in [-0.15, -0.1) is 0 Å². The fourth-order valence-electron chi connectivity index (χ4n) is 3.51. The molecule has 2 aromatic rings. The van der Waals surface area contributed by atoms with Crippen molar-refractivity contribution in [2.24, 2.45) is 5.92 Å². The Morgan fingerprint density at radius 3 is 2.85 bits per heavy atom. The summed E-state index contributed by atoms with van der Waals surface area (Å²) in [4.78, 5) is 2.47. The summed E-state index contributed by atoms with van der Waals surface area (Å²) in [5.41, 5.74) is 1.31. The second-order valence-corrected chi connectivity index (χ2v) is 7.58. The first-order valence-corrected chi connectivity index (χ1v) is 9.38. The summed E-state index contributed by atoms with van der Waals surface area (Å²) in [5, 5.41) is 7.46. The molecule has 7 heteroatoms. The van der Waals surface area contributed by atoms with E-state index in [2.05, 4.69) is 35.0 Å². The zero-order chi connectivity index (χ0) is 19.4. The van der Waals surface area contributed by atoms with E-state index in [-0.39, 0.29) is 5.75 Å². The van der Waals surface area contributed by atoms with Crippen molar-refractivity contribution in [1.29, 1.82) is 0 Å². The van der Waals surface area contributed by atoms with Crippen LogP contribution in [0.2, 0.25) is 0 Å². The van der Waals surface area contributed by atoms with E-state index in [4.69, 9.17) is 4.74 Å². The molecule has 0 saturated carbocycles. The predicted molar refractivity (Wildman–Crippen MR) is 97.9 cm³/mol. The van der Waals surface area contributed by atoms with Crippen LogP contribution in [0.4, 0.5) is 13.2 Å². The number of benzene rings is 1. The Morgan fingerprint density at radius 2 is 2.11 bits per heavy atom. The lowest BCUT2D eigenvalue weighted by atomic mass is 10.0. The topological polar surface area (TPSA) is 41.1 Å². The fourth-order valence-corrected chi connectivity index (χ4v) is 3.51. The fraction of sp³-hybridized carbons (Fsp3) is 0.550. The number of nitrogens with zero attached hydrogens (tertiary/aromatic N) is 2. The van der Waals surface area contributed by atoms with Crippen LogP contribution >= 0.6 is 0 Å². The molecule has 27 heavy (non-hydrogen) atoms. The first kappa shape index (κ1) is 19.7. The average Bonchev–Trinajstić information content (AvgIpc) is 3.23.